The van der Waals surface area contributed by atoms with Crippen molar-refractivity contribution < 1.29 is 24.2 Å². The molecule has 0 spiro atoms. The molecule has 2 aliphatic carbocycles. The average Bonchev–Trinajstić information content (AvgIpc) is 3.77. The molecule has 4 aliphatic rings. The summed E-state index contributed by atoms with van der Waals surface area (Å²) in [6.07, 6.45) is 0.762. The largest absolute Gasteiger partial charge is 0.508 e. The Morgan fingerprint density at radius 1 is 0.957 bits per heavy atom. The highest BCUT2D eigenvalue weighted by Gasteiger charge is 2.69. The van der Waals surface area contributed by atoms with Crippen LogP contribution in [-0.4, -0.2) is 39.7 Å². The molecule has 1 saturated heterocycles. The van der Waals surface area contributed by atoms with E-state index in [-0.39, 0.29) is 63.9 Å². The first-order chi connectivity index (χ1) is 22.2. The fourth-order valence-electron chi connectivity index (χ4n) is 7.99. The maximum atomic E-state index is 14.0. The number of hydrogen-bond acceptors (Lipinski definition) is 8. The maximum Gasteiger partial charge on any atom is 0.305 e. The predicted octanol–water partition coefficient (Wildman–Crippen LogP) is 6.36. The fourth-order valence-corrected chi connectivity index (χ4v) is 11.5. The Balaban J connectivity index is 1.14. The Morgan fingerprint density at radius 2 is 1.65 bits per heavy atom. The van der Waals surface area contributed by atoms with Gasteiger partial charge in [0.1, 0.15) is 11.5 Å². The highest BCUT2D eigenvalue weighted by molar-refractivity contribution is 9.10. The van der Waals surface area contributed by atoms with Crippen LogP contribution in [0.15, 0.2) is 85.5 Å². The van der Waals surface area contributed by atoms with Crippen molar-refractivity contribution in [2.45, 2.75) is 22.6 Å². The summed E-state index contributed by atoms with van der Waals surface area (Å²) in [6.45, 7) is -0.257. The number of hydrogen-bond donors (Lipinski definition) is 3. The van der Waals surface area contributed by atoms with E-state index in [1.807, 2.05) is 30.3 Å². The summed E-state index contributed by atoms with van der Waals surface area (Å²) < 4.78 is 7.84. The second-order valence-electron chi connectivity index (χ2n) is 12.0. The molecule has 3 fully saturated rings. The number of thiazole rings is 1. The van der Waals surface area contributed by atoms with Gasteiger partial charge in [0, 0.05) is 36.2 Å². The van der Waals surface area contributed by atoms with E-state index in [1.165, 1.54) is 28.4 Å². The quantitative estimate of drug-likeness (QED) is 0.153. The summed E-state index contributed by atoms with van der Waals surface area (Å²) in [5.41, 5.74) is 1.93. The van der Waals surface area contributed by atoms with Crippen LogP contribution < -0.4 is 19.8 Å². The minimum atomic E-state index is -0.435. The Bertz CT molecular complexity index is 1960. The molecule has 8 rings (SSSR count). The lowest BCUT2D eigenvalue weighted by atomic mass is 9.68. The van der Waals surface area contributed by atoms with Crippen molar-refractivity contribution in [1.29, 1.82) is 0 Å². The number of aromatic nitrogens is 1. The SMILES string of the molecule is O=C(COc1ccc(Br)cc1[C@@H]1c2sc(=O)[nH]c2S[C@@H]2[C@@H]3C[C@@H]([C@@H]4C(=O)N(c5ccc(Br)cc5)C(=O)[C@@H]34)[C@H]12)Nc1ccc(O)cc1. The number of carbonyl (C=O) groups is 3. The van der Waals surface area contributed by atoms with Crippen molar-refractivity contribution in [2.24, 2.45) is 29.6 Å². The highest BCUT2D eigenvalue weighted by atomic mass is 79.9. The van der Waals surface area contributed by atoms with E-state index in [0.29, 0.717) is 17.1 Å². The second kappa shape index (κ2) is 11.4. The molecular weight excluding hydrogens is 758 g/mol. The van der Waals surface area contributed by atoms with E-state index in [0.717, 1.165) is 30.8 Å². The number of ether oxygens (including phenoxy) is 1. The van der Waals surface area contributed by atoms with Gasteiger partial charge in [0.25, 0.3) is 5.91 Å². The van der Waals surface area contributed by atoms with Gasteiger partial charge in [-0.15, -0.1) is 11.8 Å². The summed E-state index contributed by atoms with van der Waals surface area (Å²) in [7, 11) is 0. The minimum Gasteiger partial charge on any atom is -0.508 e. The number of carbonyl (C=O) groups excluding carboxylic acids is 3. The summed E-state index contributed by atoms with van der Waals surface area (Å²) in [5, 5.41) is 13.1. The van der Waals surface area contributed by atoms with Crippen LogP contribution >= 0.6 is 55.0 Å². The lowest BCUT2D eigenvalue weighted by Gasteiger charge is -2.43. The van der Waals surface area contributed by atoms with E-state index < -0.39 is 11.8 Å². The van der Waals surface area contributed by atoms with Crippen LogP contribution in [0.4, 0.5) is 11.4 Å². The van der Waals surface area contributed by atoms with Gasteiger partial charge in [-0.1, -0.05) is 43.2 Å². The zero-order chi connectivity index (χ0) is 31.9. The topological polar surface area (TPSA) is 129 Å². The Hall–Kier alpha value is -3.39. The van der Waals surface area contributed by atoms with Gasteiger partial charge in [0.2, 0.25) is 11.8 Å². The van der Waals surface area contributed by atoms with Crippen LogP contribution in [0.25, 0.3) is 0 Å². The number of amides is 3. The van der Waals surface area contributed by atoms with Crippen molar-refractivity contribution in [2.75, 3.05) is 16.8 Å². The number of aromatic amines is 1. The van der Waals surface area contributed by atoms with Gasteiger partial charge in [-0.25, -0.2) is 0 Å². The fraction of sp³-hybridized carbons (Fsp3) is 0.273. The van der Waals surface area contributed by atoms with Crippen molar-refractivity contribution >= 4 is 84.1 Å². The number of benzene rings is 3. The van der Waals surface area contributed by atoms with Crippen molar-refractivity contribution in [1.82, 2.24) is 4.98 Å². The van der Waals surface area contributed by atoms with Gasteiger partial charge < -0.3 is 20.1 Å². The number of aromatic hydroxyl groups is 1. The first-order valence-corrected chi connectivity index (χ1v) is 18.0. The van der Waals surface area contributed by atoms with Crippen LogP contribution in [0.3, 0.4) is 0 Å². The number of H-pyrrole nitrogens is 1. The van der Waals surface area contributed by atoms with E-state index in [9.17, 15) is 24.3 Å². The van der Waals surface area contributed by atoms with Gasteiger partial charge in [0.15, 0.2) is 6.61 Å². The van der Waals surface area contributed by atoms with Crippen LogP contribution in [0.2, 0.25) is 0 Å². The van der Waals surface area contributed by atoms with E-state index in [4.69, 9.17) is 4.74 Å². The Kier molecular flexibility index (Phi) is 7.42. The predicted molar refractivity (Wildman–Crippen MR) is 182 cm³/mol. The van der Waals surface area contributed by atoms with Gasteiger partial charge in [-0.05, 0) is 90.9 Å². The van der Waals surface area contributed by atoms with Gasteiger partial charge >= 0.3 is 4.87 Å². The molecule has 3 amide bonds. The molecule has 46 heavy (non-hydrogen) atoms. The van der Waals surface area contributed by atoms with Crippen molar-refractivity contribution in [3.05, 3.63) is 95.8 Å². The Morgan fingerprint density at radius 3 is 2.39 bits per heavy atom. The smallest absolute Gasteiger partial charge is 0.305 e. The molecule has 7 atom stereocenters. The normalized spacial score (nSPS) is 27.3. The molecule has 0 unspecified atom stereocenters. The lowest BCUT2D eigenvalue weighted by molar-refractivity contribution is -0.123. The third kappa shape index (κ3) is 4.85. The van der Waals surface area contributed by atoms with Gasteiger partial charge in [0.05, 0.1) is 22.5 Å². The summed E-state index contributed by atoms with van der Waals surface area (Å²) in [4.78, 5) is 58.7. The molecule has 2 saturated carbocycles. The number of phenolic OH excluding ortho intramolecular Hbond substituents is 1. The van der Waals surface area contributed by atoms with Gasteiger partial charge in [-0.2, -0.15) is 0 Å². The van der Waals surface area contributed by atoms with E-state index in [1.54, 1.807) is 36.0 Å². The second-order valence-corrected chi connectivity index (χ2v) is 16.0. The van der Waals surface area contributed by atoms with Crippen LogP contribution in [0.5, 0.6) is 11.5 Å². The summed E-state index contributed by atoms with van der Waals surface area (Å²) >= 11 is 9.84. The zero-order valence-electron chi connectivity index (χ0n) is 23.8. The van der Waals surface area contributed by atoms with Crippen LogP contribution in [-0.2, 0) is 14.4 Å². The molecule has 234 valence electrons. The number of fused-ring (bicyclic) bond motifs is 9. The monoisotopic (exact) mass is 781 g/mol. The average molecular weight is 784 g/mol. The molecular formula is C33H25Br2N3O6S2. The lowest BCUT2D eigenvalue weighted by Crippen LogP contribution is -2.42. The maximum absolute atomic E-state index is 14.0. The number of anilines is 2. The number of halogens is 2. The number of nitrogens with zero attached hydrogens (tertiary/aromatic N) is 1. The van der Waals surface area contributed by atoms with Crippen molar-refractivity contribution in [3.8, 4) is 11.5 Å². The molecule has 4 aromatic rings. The number of rotatable bonds is 6. The van der Waals surface area contributed by atoms with E-state index in [2.05, 4.69) is 42.2 Å². The van der Waals surface area contributed by atoms with E-state index >= 15 is 0 Å². The minimum absolute atomic E-state index is 0.0141. The van der Waals surface area contributed by atoms with Gasteiger partial charge in [-0.3, -0.25) is 24.1 Å². The number of thioether (sulfide) groups is 1. The first kappa shape index (κ1) is 30.0. The van der Waals surface area contributed by atoms with Crippen LogP contribution in [0, 0.1) is 29.6 Å². The first-order valence-electron chi connectivity index (χ1n) is 14.7. The Labute approximate surface area is 288 Å². The molecule has 9 nitrogen and oxygen atoms in total. The number of phenols is 1. The number of imide groups is 1. The zero-order valence-corrected chi connectivity index (χ0v) is 28.6. The summed E-state index contributed by atoms with van der Waals surface area (Å²) in [6, 6.07) is 19.0. The summed E-state index contributed by atoms with van der Waals surface area (Å²) in [5.74, 6) is -1.28. The molecule has 13 heteroatoms. The van der Waals surface area contributed by atoms with Crippen LogP contribution in [0.1, 0.15) is 22.8 Å². The molecule has 0 radical (unpaired) electrons. The standard InChI is InChI=1S/C33H25Br2N3O6S2/c34-14-1-6-17(7-2-14)38-31(41)26-20-12-21(27(26)32(38)42)28-25(20)24(29-30(45-28)37-33(43)46-29)19-11-15(35)3-10-22(19)44-13-23(40)36-16-4-8-18(39)9-5-16/h1-11,20-21,24-28,39H,12-13H2,(H,36,40)(H,37,43)/t20-,21-,24+,25-,26+,27+,28-/m1/s1. The molecule has 1 aromatic heterocycles. The molecule has 2 bridgehead atoms. The van der Waals surface area contributed by atoms with Crippen molar-refractivity contribution in [3.63, 3.8) is 0 Å². The molecule has 3 heterocycles. The third-order valence-electron chi connectivity index (χ3n) is 9.63. The number of nitrogens with one attached hydrogen (secondary N) is 2. The molecule has 3 aromatic carbocycles. The highest BCUT2D eigenvalue weighted by Crippen LogP contribution is 2.69. The third-order valence-corrected chi connectivity index (χ3v) is 13.2. The molecule has 2 aliphatic heterocycles. The molecule has 3 N–H and O–H groups in total.